The van der Waals surface area contributed by atoms with Crippen molar-refractivity contribution in [2.45, 2.75) is 32.0 Å². The van der Waals surface area contributed by atoms with E-state index < -0.39 is 17.6 Å². The van der Waals surface area contributed by atoms with Gasteiger partial charge in [-0.3, -0.25) is 4.79 Å². The molecule has 1 aliphatic heterocycles. The van der Waals surface area contributed by atoms with Crippen LogP contribution < -0.4 is 5.73 Å². The summed E-state index contributed by atoms with van der Waals surface area (Å²) in [7, 11) is 0. The van der Waals surface area contributed by atoms with Gasteiger partial charge < -0.3 is 15.6 Å². The summed E-state index contributed by atoms with van der Waals surface area (Å²) in [4.78, 5) is 10.8. The molecule has 0 bridgehead atoms. The van der Waals surface area contributed by atoms with E-state index in [1.165, 1.54) is 0 Å². The van der Waals surface area contributed by atoms with Crippen LogP contribution in [0.3, 0.4) is 0 Å². The molecule has 0 aromatic carbocycles. The Hall–Kier alpha value is -0.610. The molecule has 1 saturated heterocycles. The second-order valence-corrected chi connectivity index (χ2v) is 3.49. The Kier molecular flexibility index (Phi) is 2.39. The fraction of sp³-hybridized carbons (Fsp3) is 0.750. The largest absolute Gasteiger partial charge is 0.390 e. The van der Waals surface area contributed by atoms with Crippen molar-refractivity contribution in [3.05, 3.63) is 5.92 Å². The minimum atomic E-state index is -0.976. The number of aliphatic hydroxyl groups is 1. The molecule has 0 aliphatic carbocycles. The van der Waals surface area contributed by atoms with Crippen molar-refractivity contribution in [3.63, 3.8) is 0 Å². The Morgan fingerprint density at radius 1 is 1.75 bits per heavy atom. The summed E-state index contributed by atoms with van der Waals surface area (Å²) < 4.78 is 5.08. The molecule has 12 heavy (non-hydrogen) atoms. The molecule has 0 aromatic rings. The van der Waals surface area contributed by atoms with Crippen LogP contribution in [0.2, 0.25) is 0 Å². The molecular formula is C8H14NO3. The van der Waals surface area contributed by atoms with Gasteiger partial charge in [0.15, 0.2) is 0 Å². The van der Waals surface area contributed by atoms with Crippen LogP contribution in [0.15, 0.2) is 0 Å². The van der Waals surface area contributed by atoms with E-state index in [-0.39, 0.29) is 0 Å². The number of carbonyl (C=O) groups excluding carboxylic acids is 1. The van der Waals surface area contributed by atoms with Gasteiger partial charge in [-0.25, -0.2) is 0 Å². The lowest BCUT2D eigenvalue weighted by molar-refractivity contribution is -0.127. The highest BCUT2D eigenvalue weighted by Crippen LogP contribution is 2.32. The van der Waals surface area contributed by atoms with Crippen molar-refractivity contribution in [1.29, 1.82) is 0 Å². The maximum atomic E-state index is 10.8. The quantitative estimate of drug-likeness (QED) is 0.595. The van der Waals surface area contributed by atoms with E-state index in [1.54, 1.807) is 13.8 Å². The molecule has 1 atom stereocenters. The Balaban J connectivity index is 2.71. The minimum Gasteiger partial charge on any atom is -0.390 e. The number of hydrogen-bond acceptors (Lipinski definition) is 3. The molecule has 1 rings (SSSR count). The molecule has 1 unspecified atom stereocenters. The van der Waals surface area contributed by atoms with Crippen molar-refractivity contribution in [2.75, 3.05) is 6.61 Å². The summed E-state index contributed by atoms with van der Waals surface area (Å²) in [5.74, 6) is 0.152. The van der Waals surface area contributed by atoms with E-state index in [4.69, 9.17) is 10.5 Å². The number of carbonyl (C=O) groups is 1. The Labute approximate surface area is 71.7 Å². The summed E-state index contributed by atoms with van der Waals surface area (Å²) in [6.45, 7) is 3.73. The molecule has 1 amide bonds. The Morgan fingerprint density at radius 3 is 2.67 bits per heavy atom. The standard InChI is InChI=1S/C8H14NO3/c1-8(2,11)5-3-4-12-6(5)7(9)10/h6,11H,3-4H2,1-2H3,(H2,9,10). The number of ether oxygens (including phenoxy) is 1. The predicted molar refractivity (Wildman–Crippen MR) is 43.1 cm³/mol. The minimum absolute atomic E-state index is 0.465. The number of rotatable bonds is 2. The average molecular weight is 172 g/mol. The molecule has 69 valence electrons. The van der Waals surface area contributed by atoms with Crippen LogP contribution >= 0.6 is 0 Å². The maximum absolute atomic E-state index is 10.8. The van der Waals surface area contributed by atoms with Crippen LogP contribution in [0.4, 0.5) is 0 Å². The number of primary amides is 1. The average Bonchev–Trinajstić information content (AvgIpc) is 2.30. The predicted octanol–water partition coefficient (Wildman–Crippen LogP) is -0.394. The van der Waals surface area contributed by atoms with Crippen LogP contribution in [0.25, 0.3) is 0 Å². The third-order valence-electron chi connectivity index (χ3n) is 2.02. The normalized spacial score (nSPS) is 26.1. The van der Waals surface area contributed by atoms with Crippen LogP contribution in [-0.2, 0) is 9.53 Å². The Bertz CT molecular complexity index is 185. The highest BCUT2D eigenvalue weighted by Gasteiger charge is 2.42. The smallest absolute Gasteiger partial charge is 0.247 e. The molecule has 1 aliphatic rings. The molecule has 0 saturated carbocycles. The topological polar surface area (TPSA) is 72.6 Å². The fourth-order valence-corrected chi connectivity index (χ4v) is 1.40. The maximum Gasteiger partial charge on any atom is 0.247 e. The zero-order valence-electron chi connectivity index (χ0n) is 7.33. The lowest BCUT2D eigenvalue weighted by atomic mass is 9.85. The molecule has 4 heteroatoms. The molecule has 3 N–H and O–H groups in total. The molecule has 4 nitrogen and oxygen atoms in total. The Morgan fingerprint density at radius 2 is 2.33 bits per heavy atom. The van der Waals surface area contributed by atoms with E-state index in [9.17, 15) is 9.90 Å². The van der Waals surface area contributed by atoms with Crippen molar-refractivity contribution in [1.82, 2.24) is 0 Å². The van der Waals surface area contributed by atoms with Gasteiger partial charge in [0.2, 0.25) is 5.91 Å². The number of amides is 1. The molecule has 0 aromatic heterocycles. The summed E-state index contributed by atoms with van der Waals surface area (Å²) in [5.41, 5.74) is 4.11. The second-order valence-electron chi connectivity index (χ2n) is 3.49. The molecule has 1 radical (unpaired) electrons. The number of hydrogen-bond donors (Lipinski definition) is 2. The van der Waals surface area contributed by atoms with Gasteiger partial charge in [-0.2, -0.15) is 0 Å². The van der Waals surface area contributed by atoms with E-state index >= 15 is 0 Å². The van der Waals surface area contributed by atoms with E-state index in [1.807, 2.05) is 0 Å². The zero-order chi connectivity index (χ0) is 9.35. The van der Waals surface area contributed by atoms with Crippen LogP contribution in [0, 0.1) is 5.92 Å². The molecular weight excluding hydrogens is 158 g/mol. The highest BCUT2D eigenvalue weighted by atomic mass is 16.5. The third kappa shape index (κ3) is 1.76. The van der Waals surface area contributed by atoms with Crippen LogP contribution in [-0.4, -0.2) is 29.3 Å². The summed E-state index contributed by atoms with van der Waals surface area (Å²) in [6, 6.07) is 0. The summed E-state index contributed by atoms with van der Waals surface area (Å²) in [5, 5.41) is 9.61. The first-order valence-corrected chi connectivity index (χ1v) is 3.92. The first kappa shape index (κ1) is 9.48. The fourth-order valence-electron chi connectivity index (χ4n) is 1.40. The van der Waals surface area contributed by atoms with Crippen molar-refractivity contribution < 1.29 is 14.6 Å². The number of nitrogens with two attached hydrogens (primary N) is 1. The third-order valence-corrected chi connectivity index (χ3v) is 2.02. The van der Waals surface area contributed by atoms with Gasteiger partial charge in [0.25, 0.3) is 0 Å². The van der Waals surface area contributed by atoms with Crippen LogP contribution in [0.1, 0.15) is 20.3 Å². The van der Waals surface area contributed by atoms with Crippen LogP contribution in [0.5, 0.6) is 0 Å². The van der Waals surface area contributed by atoms with E-state index in [0.717, 1.165) is 0 Å². The van der Waals surface area contributed by atoms with Gasteiger partial charge in [-0.05, 0) is 20.3 Å². The summed E-state index contributed by atoms with van der Waals surface area (Å²) >= 11 is 0. The highest BCUT2D eigenvalue weighted by molar-refractivity contribution is 5.82. The molecule has 0 spiro atoms. The lowest BCUT2D eigenvalue weighted by Gasteiger charge is -2.27. The van der Waals surface area contributed by atoms with Gasteiger partial charge >= 0.3 is 0 Å². The monoisotopic (exact) mass is 172 g/mol. The summed E-state index contributed by atoms with van der Waals surface area (Å²) in [6.07, 6.45) is -0.0955. The zero-order valence-corrected chi connectivity index (χ0v) is 7.33. The van der Waals surface area contributed by atoms with E-state index in [0.29, 0.717) is 18.9 Å². The van der Waals surface area contributed by atoms with Crippen molar-refractivity contribution in [2.24, 2.45) is 5.73 Å². The first-order valence-electron chi connectivity index (χ1n) is 3.92. The van der Waals surface area contributed by atoms with Gasteiger partial charge in [0, 0.05) is 12.5 Å². The lowest BCUT2D eigenvalue weighted by Crippen LogP contribution is -2.41. The van der Waals surface area contributed by atoms with Gasteiger partial charge in [-0.1, -0.05) is 0 Å². The second kappa shape index (κ2) is 3.03. The molecule has 1 heterocycles. The van der Waals surface area contributed by atoms with Gasteiger partial charge in [-0.15, -0.1) is 0 Å². The van der Waals surface area contributed by atoms with Crippen molar-refractivity contribution >= 4 is 5.91 Å². The van der Waals surface area contributed by atoms with Gasteiger partial charge in [0.1, 0.15) is 6.10 Å². The first-order chi connectivity index (χ1) is 5.43. The van der Waals surface area contributed by atoms with Gasteiger partial charge in [0.05, 0.1) is 5.60 Å². The van der Waals surface area contributed by atoms with E-state index in [2.05, 4.69) is 0 Å². The van der Waals surface area contributed by atoms with Crippen molar-refractivity contribution in [3.8, 4) is 0 Å². The molecule has 1 fully saturated rings. The SMILES string of the molecule is CC(C)(O)[C]1CCOC1C(N)=O.